The average Bonchev–Trinajstić information content (AvgIpc) is 3.17. The lowest BCUT2D eigenvalue weighted by molar-refractivity contribution is -0.125. The van der Waals surface area contributed by atoms with E-state index >= 15 is 0 Å². The number of anilines is 1. The molecule has 3 rings (SSSR count). The average molecular weight is 352 g/mol. The molecule has 23 heavy (non-hydrogen) atoms. The molecule has 1 N–H and O–H groups in total. The first-order valence-corrected chi connectivity index (χ1v) is 8.71. The standard InChI is InChI=1S/C14H13FN4O2S2/c1-2-22-14-18-17-13(23-14)16-12(20)11-7-10(19-21-11)8-4-3-5-9(15)6-8/h3-6,11H,2,7H2,1H3,(H,16,17,20)/t11-/m0/s1. The Morgan fingerprint density at radius 3 is 3.17 bits per heavy atom. The second kappa shape index (κ2) is 7.05. The summed E-state index contributed by atoms with van der Waals surface area (Å²) in [5.41, 5.74) is 1.15. The van der Waals surface area contributed by atoms with E-state index in [1.807, 2.05) is 6.92 Å². The van der Waals surface area contributed by atoms with Crippen LogP contribution in [0.5, 0.6) is 0 Å². The monoisotopic (exact) mass is 352 g/mol. The Bertz CT molecular complexity index is 750. The Hall–Kier alpha value is -2.00. The Labute approximate surface area is 140 Å². The first-order valence-electron chi connectivity index (χ1n) is 6.91. The van der Waals surface area contributed by atoms with E-state index < -0.39 is 6.10 Å². The minimum atomic E-state index is -0.751. The van der Waals surface area contributed by atoms with E-state index in [0.29, 0.717) is 16.4 Å². The highest BCUT2D eigenvalue weighted by Crippen LogP contribution is 2.26. The van der Waals surface area contributed by atoms with E-state index in [4.69, 9.17) is 4.84 Å². The van der Waals surface area contributed by atoms with Gasteiger partial charge in [0.1, 0.15) is 5.82 Å². The van der Waals surface area contributed by atoms with Gasteiger partial charge in [-0.1, -0.05) is 47.3 Å². The zero-order valence-corrected chi connectivity index (χ0v) is 13.8. The second-order valence-electron chi connectivity index (χ2n) is 4.64. The summed E-state index contributed by atoms with van der Waals surface area (Å²) in [6.07, 6.45) is -0.468. The number of amides is 1. The number of nitrogens with zero attached hydrogens (tertiary/aromatic N) is 3. The normalized spacial score (nSPS) is 16.8. The van der Waals surface area contributed by atoms with Crippen LogP contribution >= 0.6 is 23.1 Å². The maximum Gasteiger partial charge on any atom is 0.270 e. The number of aromatic nitrogens is 2. The molecule has 2 heterocycles. The Kier molecular flexibility index (Phi) is 4.87. The fourth-order valence-corrected chi connectivity index (χ4v) is 3.64. The molecule has 0 bridgehead atoms. The maximum absolute atomic E-state index is 13.2. The van der Waals surface area contributed by atoms with Gasteiger partial charge in [-0.05, 0) is 17.9 Å². The first-order chi connectivity index (χ1) is 11.2. The third kappa shape index (κ3) is 3.85. The molecule has 0 unspecified atom stereocenters. The van der Waals surface area contributed by atoms with Crippen LogP contribution in [0, 0.1) is 5.82 Å². The van der Waals surface area contributed by atoms with Gasteiger partial charge in [-0.3, -0.25) is 10.1 Å². The third-order valence-electron chi connectivity index (χ3n) is 3.02. The fraction of sp³-hybridized carbons (Fsp3) is 0.286. The van der Waals surface area contributed by atoms with E-state index in [2.05, 4.69) is 20.7 Å². The van der Waals surface area contributed by atoms with Gasteiger partial charge in [0.05, 0.1) is 5.71 Å². The van der Waals surface area contributed by atoms with Crippen molar-refractivity contribution in [3.05, 3.63) is 35.6 Å². The summed E-state index contributed by atoms with van der Waals surface area (Å²) in [5.74, 6) is 0.191. The second-order valence-corrected chi connectivity index (χ2v) is 7.13. The summed E-state index contributed by atoms with van der Waals surface area (Å²) in [6.45, 7) is 2.02. The van der Waals surface area contributed by atoms with Crippen molar-refractivity contribution in [2.45, 2.75) is 23.8 Å². The van der Waals surface area contributed by atoms with E-state index in [0.717, 1.165) is 10.1 Å². The predicted octanol–water partition coefficient (Wildman–Crippen LogP) is 2.92. The summed E-state index contributed by atoms with van der Waals surface area (Å²) in [7, 11) is 0. The molecular weight excluding hydrogens is 339 g/mol. The van der Waals surface area contributed by atoms with Crippen LogP contribution < -0.4 is 5.32 Å². The van der Waals surface area contributed by atoms with Crippen LogP contribution in [0.4, 0.5) is 9.52 Å². The summed E-state index contributed by atoms with van der Waals surface area (Å²) in [5, 5.41) is 14.8. The molecular formula is C14H13FN4O2S2. The maximum atomic E-state index is 13.2. The highest BCUT2D eigenvalue weighted by Gasteiger charge is 2.29. The van der Waals surface area contributed by atoms with Gasteiger partial charge in [-0.15, -0.1) is 10.2 Å². The third-order valence-corrected chi connectivity index (χ3v) is 4.88. The molecule has 0 fully saturated rings. The number of thioether (sulfide) groups is 1. The minimum absolute atomic E-state index is 0.282. The van der Waals surface area contributed by atoms with Crippen LogP contribution in [-0.4, -0.2) is 33.7 Å². The molecule has 0 aliphatic carbocycles. The number of benzene rings is 1. The lowest BCUT2D eigenvalue weighted by atomic mass is 10.0. The van der Waals surface area contributed by atoms with Crippen LogP contribution in [-0.2, 0) is 9.63 Å². The van der Waals surface area contributed by atoms with Crippen molar-refractivity contribution in [3.8, 4) is 0 Å². The number of carbonyl (C=O) groups excluding carboxylic acids is 1. The van der Waals surface area contributed by atoms with Crippen molar-refractivity contribution in [2.24, 2.45) is 5.16 Å². The predicted molar refractivity (Wildman–Crippen MR) is 87.4 cm³/mol. The topological polar surface area (TPSA) is 76.5 Å². The van der Waals surface area contributed by atoms with Crippen LogP contribution in [0.15, 0.2) is 33.8 Å². The van der Waals surface area contributed by atoms with Gasteiger partial charge in [0, 0.05) is 12.0 Å². The molecule has 1 aromatic heterocycles. The van der Waals surface area contributed by atoms with Crippen molar-refractivity contribution in [3.63, 3.8) is 0 Å². The van der Waals surface area contributed by atoms with Crippen molar-refractivity contribution in [2.75, 3.05) is 11.1 Å². The molecule has 120 valence electrons. The number of carbonyl (C=O) groups is 1. The van der Waals surface area contributed by atoms with Gasteiger partial charge in [0.2, 0.25) is 11.2 Å². The quantitative estimate of drug-likeness (QED) is 0.661. The van der Waals surface area contributed by atoms with Gasteiger partial charge in [0.15, 0.2) is 4.34 Å². The molecule has 1 aliphatic rings. The Balaban J connectivity index is 1.60. The summed E-state index contributed by atoms with van der Waals surface area (Å²) >= 11 is 2.87. The van der Waals surface area contributed by atoms with Gasteiger partial charge in [-0.2, -0.15) is 0 Å². The lowest BCUT2D eigenvalue weighted by Gasteiger charge is -2.06. The van der Waals surface area contributed by atoms with E-state index in [9.17, 15) is 9.18 Å². The SMILES string of the molecule is CCSc1nnc(NC(=O)[C@@H]2CC(c3cccc(F)c3)=NO2)s1. The van der Waals surface area contributed by atoms with Gasteiger partial charge < -0.3 is 4.84 Å². The minimum Gasteiger partial charge on any atom is -0.382 e. The fourth-order valence-electron chi connectivity index (χ4n) is 1.98. The molecule has 0 radical (unpaired) electrons. The zero-order chi connectivity index (χ0) is 16.2. The van der Waals surface area contributed by atoms with E-state index in [1.54, 1.807) is 23.9 Å². The molecule has 0 spiro atoms. The summed E-state index contributed by atoms with van der Waals surface area (Å²) < 4.78 is 14.0. The highest BCUT2D eigenvalue weighted by atomic mass is 32.2. The molecule has 0 saturated heterocycles. The molecule has 1 aliphatic heterocycles. The number of hydrogen-bond donors (Lipinski definition) is 1. The molecule has 1 amide bonds. The molecule has 9 heteroatoms. The first kappa shape index (κ1) is 15.9. The van der Waals surface area contributed by atoms with Crippen LogP contribution in [0.1, 0.15) is 18.9 Å². The van der Waals surface area contributed by atoms with Gasteiger partial charge in [-0.25, -0.2) is 4.39 Å². The smallest absolute Gasteiger partial charge is 0.270 e. The number of nitrogens with one attached hydrogen (secondary N) is 1. The lowest BCUT2D eigenvalue weighted by Crippen LogP contribution is -2.28. The summed E-state index contributed by atoms with van der Waals surface area (Å²) in [6, 6.07) is 6.03. The number of oxime groups is 1. The van der Waals surface area contributed by atoms with Crippen molar-refractivity contribution < 1.29 is 14.0 Å². The van der Waals surface area contributed by atoms with Gasteiger partial charge >= 0.3 is 0 Å². The van der Waals surface area contributed by atoms with Crippen molar-refractivity contribution in [1.82, 2.24) is 10.2 Å². The Morgan fingerprint density at radius 1 is 1.52 bits per heavy atom. The van der Waals surface area contributed by atoms with E-state index in [1.165, 1.54) is 23.5 Å². The molecule has 6 nitrogen and oxygen atoms in total. The van der Waals surface area contributed by atoms with Crippen LogP contribution in [0.25, 0.3) is 0 Å². The van der Waals surface area contributed by atoms with Crippen LogP contribution in [0.3, 0.4) is 0 Å². The molecule has 0 saturated carbocycles. The van der Waals surface area contributed by atoms with Crippen molar-refractivity contribution in [1.29, 1.82) is 0 Å². The number of rotatable bonds is 5. The molecule has 1 aromatic carbocycles. The largest absolute Gasteiger partial charge is 0.382 e. The van der Waals surface area contributed by atoms with Crippen molar-refractivity contribution >= 4 is 39.8 Å². The zero-order valence-electron chi connectivity index (χ0n) is 12.2. The van der Waals surface area contributed by atoms with E-state index in [-0.39, 0.29) is 18.1 Å². The summed E-state index contributed by atoms with van der Waals surface area (Å²) in [4.78, 5) is 17.3. The molecule has 1 atom stereocenters. The Morgan fingerprint density at radius 2 is 2.39 bits per heavy atom. The number of halogens is 1. The van der Waals surface area contributed by atoms with Crippen LogP contribution in [0.2, 0.25) is 0 Å². The highest BCUT2D eigenvalue weighted by molar-refractivity contribution is 8.01. The van der Waals surface area contributed by atoms with Gasteiger partial charge in [0.25, 0.3) is 5.91 Å². The molecule has 2 aromatic rings. The number of hydrogen-bond acceptors (Lipinski definition) is 7.